The van der Waals surface area contributed by atoms with Crippen molar-refractivity contribution in [3.63, 3.8) is 0 Å². The molecule has 2 aromatic heterocycles. The molecule has 8 heteroatoms. The number of benzene rings is 2. The van der Waals surface area contributed by atoms with Crippen LogP contribution in [0.25, 0.3) is 16.9 Å². The number of carbonyl (C=O) groups is 1. The van der Waals surface area contributed by atoms with E-state index in [4.69, 9.17) is 5.73 Å². The molecule has 2 aromatic carbocycles. The van der Waals surface area contributed by atoms with Crippen LogP contribution in [0.2, 0.25) is 0 Å². The topological polar surface area (TPSA) is 85.3 Å². The van der Waals surface area contributed by atoms with Crippen LogP contribution < -0.4 is 11.1 Å². The Morgan fingerprint density at radius 2 is 1.75 bits per heavy atom. The van der Waals surface area contributed by atoms with Crippen LogP contribution in [0, 0.1) is 11.6 Å². The van der Waals surface area contributed by atoms with Gasteiger partial charge in [0.15, 0.2) is 5.65 Å². The third kappa shape index (κ3) is 3.16. The van der Waals surface area contributed by atoms with Gasteiger partial charge in [-0.15, -0.1) is 0 Å². The lowest BCUT2D eigenvalue weighted by molar-refractivity contribution is 0.100. The first-order valence-electron chi connectivity index (χ1n) is 8.44. The van der Waals surface area contributed by atoms with Crippen LogP contribution in [0.5, 0.6) is 0 Å². The van der Waals surface area contributed by atoms with Gasteiger partial charge in [0.05, 0.1) is 11.3 Å². The van der Waals surface area contributed by atoms with Crippen LogP contribution in [0.4, 0.5) is 14.5 Å². The predicted octanol–water partition coefficient (Wildman–Crippen LogP) is 3.39. The number of hydrogen-bond donors (Lipinski definition) is 2. The van der Waals surface area contributed by atoms with Gasteiger partial charge in [0.25, 0.3) is 5.91 Å². The zero-order chi connectivity index (χ0) is 19.7. The number of nitrogens with zero attached hydrogens (tertiary/aromatic N) is 3. The molecule has 0 saturated heterocycles. The number of anilines is 1. The van der Waals surface area contributed by atoms with Crippen LogP contribution in [0.3, 0.4) is 0 Å². The number of aromatic nitrogens is 3. The van der Waals surface area contributed by atoms with Gasteiger partial charge in [-0.25, -0.2) is 18.3 Å². The molecule has 3 N–H and O–H groups in total. The maximum absolute atomic E-state index is 13.7. The highest BCUT2D eigenvalue weighted by Gasteiger charge is 2.13. The Bertz CT molecular complexity index is 1150. The lowest BCUT2D eigenvalue weighted by Gasteiger charge is -2.10. The number of hydrogen-bond acceptors (Lipinski definition) is 4. The molecule has 0 saturated carbocycles. The van der Waals surface area contributed by atoms with Crippen LogP contribution in [-0.2, 0) is 6.54 Å². The second-order valence-corrected chi connectivity index (χ2v) is 6.14. The number of nitrogens with two attached hydrogens (primary N) is 1. The highest BCUT2D eigenvalue weighted by Crippen LogP contribution is 2.23. The molecule has 0 aliphatic heterocycles. The molecule has 1 amide bonds. The van der Waals surface area contributed by atoms with Gasteiger partial charge in [0, 0.05) is 12.1 Å². The minimum Gasteiger partial charge on any atom is -0.376 e. The van der Waals surface area contributed by atoms with Gasteiger partial charge >= 0.3 is 0 Å². The number of fused-ring (bicyclic) bond motifs is 1. The Morgan fingerprint density at radius 3 is 2.43 bits per heavy atom. The van der Waals surface area contributed by atoms with E-state index in [1.54, 1.807) is 16.6 Å². The number of nitrogens with one attached hydrogen (secondary N) is 1. The van der Waals surface area contributed by atoms with E-state index in [1.165, 1.54) is 24.5 Å². The van der Waals surface area contributed by atoms with Gasteiger partial charge in [-0.05, 0) is 29.8 Å². The Morgan fingerprint density at radius 1 is 1.04 bits per heavy atom. The van der Waals surface area contributed by atoms with Gasteiger partial charge < -0.3 is 11.1 Å². The monoisotopic (exact) mass is 379 g/mol. The van der Waals surface area contributed by atoms with Crippen molar-refractivity contribution in [2.45, 2.75) is 6.54 Å². The molecule has 0 radical (unpaired) electrons. The number of para-hydroxylation sites is 1. The fourth-order valence-corrected chi connectivity index (χ4v) is 2.97. The normalized spacial score (nSPS) is 10.9. The summed E-state index contributed by atoms with van der Waals surface area (Å²) in [6, 6.07) is 14.5. The number of amides is 1. The molecule has 2 heterocycles. The number of pyridine rings is 1. The van der Waals surface area contributed by atoms with Crippen molar-refractivity contribution in [2.75, 3.05) is 5.32 Å². The first-order valence-corrected chi connectivity index (χ1v) is 8.44. The molecule has 0 aliphatic rings. The predicted molar refractivity (Wildman–Crippen MR) is 101 cm³/mol. The smallest absolute Gasteiger partial charge is 0.252 e. The molecule has 0 bridgehead atoms. The number of halogens is 2. The fourth-order valence-electron chi connectivity index (χ4n) is 2.97. The first-order chi connectivity index (χ1) is 13.5. The molecule has 0 fully saturated rings. The lowest BCUT2D eigenvalue weighted by atomic mass is 10.1. The second kappa shape index (κ2) is 7.07. The molecular weight excluding hydrogens is 364 g/mol. The maximum Gasteiger partial charge on any atom is 0.252 e. The van der Waals surface area contributed by atoms with Crippen molar-refractivity contribution >= 4 is 17.2 Å². The first kappa shape index (κ1) is 17.6. The second-order valence-electron chi connectivity index (χ2n) is 6.14. The van der Waals surface area contributed by atoms with Crippen LogP contribution in [-0.4, -0.2) is 20.5 Å². The minimum absolute atomic E-state index is 0.155. The van der Waals surface area contributed by atoms with Crippen molar-refractivity contribution in [1.82, 2.24) is 14.6 Å². The average Bonchev–Trinajstić information content (AvgIpc) is 3.17. The molecule has 0 aliphatic carbocycles. The molecule has 28 heavy (non-hydrogen) atoms. The van der Waals surface area contributed by atoms with E-state index in [-0.39, 0.29) is 17.8 Å². The molecule has 0 spiro atoms. The number of carbonyl (C=O) groups excluding carboxylic acids is 1. The van der Waals surface area contributed by atoms with Gasteiger partial charge in [-0.1, -0.05) is 30.3 Å². The van der Waals surface area contributed by atoms with Crippen molar-refractivity contribution in [3.05, 3.63) is 83.7 Å². The Kier molecular flexibility index (Phi) is 4.44. The maximum atomic E-state index is 13.7. The summed E-state index contributed by atoms with van der Waals surface area (Å²) in [7, 11) is 0. The minimum atomic E-state index is -0.639. The van der Waals surface area contributed by atoms with Crippen molar-refractivity contribution < 1.29 is 13.6 Å². The van der Waals surface area contributed by atoms with E-state index in [0.717, 1.165) is 16.8 Å². The molecule has 4 aromatic rings. The van der Waals surface area contributed by atoms with E-state index in [9.17, 15) is 13.6 Å². The molecule has 0 atom stereocenters. The van der Waals surface area contributed by atoms with E-state index >= 15 is 0 Å². The molecule has 140 valence electrons. The standard InChI is InChI=1S/C20H15F2N5O/c21-15-2-1-3-16(22)18(15)24-10-12-4-6-13(7-5-12)17-9-8-14(19(23)28)20-25-11-26-27(17)20/h1-9,11,24H,10H2,(H2,23,28). The number of rotatable bonds is 5. The SMILES string of the molecule is NC(=O)c1ccc(-c2ccc(CNc3c(F)cccc3F)cc2)n2ncnc12. The molecule has 4 rings (SSSR count). The van der Waals surface area contributed by atoms with Crippen LogP contribution >= 0.6 is 0 Å². The van der Waals surface area contributed by atoms with E-state index < -0.39 is 17.5 Å². The lowest BCUT2D eigenvalue weighted by Crippen LogP contribution is -2.13. The fraction of sp³-hybridized carbons (Fsp3) is 0.0500. The Hall–Kier alpha value is -3.81. The molecule has 6 nitrogen and oxygen atoms in total. The van der Waals surface area contributed by atoms with Gasteiger partial charge in [-0.2, -0.15) is 5.10 Å². The third-order valence-electron chi connectivity index (χ3n) is 4.37. The quantitative estimate of drug-likeness (QED) is 0.557. The third-order valence-corrected chi connectivity index (χ3v) is 4.37. The average molecular weight is 379 g/mol. The van der Waals surface area contributed by atoms with Gasteiger partial charge in [-0.3, -0.25) is 4.79 Å². The zero-order valence-electron chi connectivity index (χ0n) is 14.6. The summed E-state index contributed by atoms with van der Waals surface area (Å²) >= 11 is 0. The van der Waals surface area contributed by atoms with Crippen molar-refractivity contribution in [3.8, 4) is 11.3 Å². The van der Waals surface area contributed by atoms with Gasteiger partial charge in [0.2, 0.25) is 0 Å². The highest BCUT2D eigenvalue weighted by molar-refractivity contribution is 5.99. The molecular formula is C20H15F2N5O. The largest absolute Gasteiger partial charge is 0.376 e. The summed E-state index contributed by atoms with van der Waals surface area (Å²) in [4.78, 5) is 15.6. The van der Waals surface area contributed by atoms with Gasteiger partial charge in [0.1, 0.15) is 23.6 Å². The summed E-state index contributed by atoms with van der Waals surface area (Å²) < 4.78 is 28.9. The van der Waals surface area contributed by atoms with E-state index in [0.29, 0.717) is 5.65 Å². The van der Waals surface area contributed by atoms with E-state index in [1.807, 2.05) is 24.3 Å². The van der Waals surface area contributed by atoms with Crippen LogP contribution in [0.15, 0.2) is 60.9 Å². The Labute approximate surface area is 158 Å². The van der Waals surface area contributed by atoms with Crippen molar-refractivity contribution in [2.24, 2.45) is 5.73 Å². The van der Waals surface area contributed by atoms with E-state index in [2.05, 4.69) is 15.4 Å². The Balaban J connectivity index is 1.59. The summed E-state index contributed by atoms with van der Waals surface area (Å²) in [5.41, 5.74) is 8.30. The highest BCUT2D eigenvalue weighted by atomic mass is 19.1. The van der Waals surface area contributed by atoms with Crippen LogP contribution in [0.1, 0.15) is 15.9 Å². The van der Waals surface area contributed by atoms with Crippen molar-refractivity contribution in [1.29, 1.82) is 0 Å². The summed E-state index contributed by atoms with van der Waals surface area (Å²) in [5.74, 6) is -1.86. The number of primary amides is 1. The molecule has 0 unspecified atom stereocenters. The zero-order valence-corrected chi connectivity index (χ0v) is 14.6. The summed E-state index contributed by atoms with van der Waals surface area (Å²) in [6.45, 7) is 0.261. The summed E-state index contributed by atoms with van der Waals surface area (Å²) in [6.07, 6.45) is 1.35. The summed E-state index contributed by atoms with van der Waals surface area (Å²) in [5, 5.41) is 6.93.